The van der Waals surface area contributed by atoms with Crippen LogP contribution in [0.5, 0.6) is 0 Å². The van der Waals surface area contributed by atoms with Crippen molar-refractivity contribution < 1.29 is 14.6 Å². The van der Waals surface area contributed by atoms with Crippen LogP contribution in [0.3, 0.4) is 0 Å². The first kappa shape index (κ1) is 8.50. The monoisotopic (exact) mass is 141 g/mol. The van der Waals surface area contributed by atoms with Gasteiger partial charge in [0.25, 0.3) is 0 Å². The van der Waals surface area contributed by atoms with Gasteiger partial charge >= 0.3 is 5.97 Å². The molecule has 0 rings (SSSR count). The third-order valence-electron chi connectivity index (χ3n) is 0.984. The Hall–Kier alpha value is -1.50. The molecular weight excluding hydrogens is 134 g/mol. The minimum absolute atomic E-state index is 0.120. The lowest BCUT2D eigenvalue weighted by molar-refractivity contribution is -0.132. The quantitative estimate of drug-likeness (QED) is 0.345. The number of rotatable bonds is 2. The minimum Gasteiger partial charge on any atom is -0.500 e. The van der Waals surface area contributed by atoms with E-state index >= 15 is 0 Å². The molecule has 0 aliphatic carbocycles. The highest BCUT2D eigenvalue weighted by Gasteiger charge is 2.09. The molecule has 0 heterocycles. The lowest BCUT2D eigenvalue weighted by atomic mass is 10.2. The summed E-state index contributed by atoms with van der Waals surface area (Å²) in [4.78, 5) is 10.2. The molecule has 4 heteroatoms. The number of ether oxygens (including phenoxy) is 1. The molecule has 0 spiro atoms. The summed E-state index contributed by atoms with van der Waals surface area (Å²) in [5.74, 6) is -1.14. The molecule has 0 aromatic heterocycles. The average Bonchev–Trinajstić information content (AvgIpc) is 1.88. The Balaban J connectivity index is 4.68. The topological polar surface area (TPSA) is 70.3 Å². The molecule has 0 saturated carbocycles. The summed E-state index contributed by atoms with van der Waals surface area (Å²) >= 11 is 0. The highest BCUT2D eigenvalue weighted by atomic mass is 16.5. The summed E-state index contributed by atoms with van der Waals surface area (Å²) in [7, 11) is 1.32. The van der Waals surface area contributed by atoms with Crippen LogP contribution in [0.1, 0.15) is 6.92 Å². The van der Waals surface area contributed by atoms with E-state index in [4.69, 9.17) is 10.4 Å². The molecule has 0 amide bonds. The standard InChI is InChI=1S/C6H7NO3/c1-4(10-2)5(3-7)6(8)9/h1-2H3,(H,8,9)/b5-4+. The van der Waals surface area contributed by atoms with Gasteiger partial charge in [0.15, 0.2) is 5.57 Å². The van der Waals surface area contributed by atoms with E-state index in [0.29, 0.717) is 0 Å². The molecule has 0 aromatic rings. The number of nitrogens with zero attached hydrogens (tertiary/aromatic N) is 1. The van der Waals surface area contributed by atoms with Gasteiger partial charge in [-0.2, -0.15) is 5.26 Å². The minimum atomic E-state index is -1.26. The van der Waals surface area contributed by atoms with Crippen LogP contribution in [0.15, 0.2) is 11.3 Å². The fraction of sp³-hybridized carbons (Fsp3) is 0.333. The lowest BCUT2D eigenvalue weighted by Crippen LogP contribution is -2.01. The Morgan fingerprint density at radius 3 is 2.30 bits per heavy atom. The van der Waals surface area contributed by atoms with E-state index < -0.39 is 5.97 Å². The van der Waals surface area contributed by atoms with E-state index in [-0.39, 0.29) is 11.3 Å². The van der Waals surface area contributed by atoms with E-state index in [1.807, 2.05) is 0 Å². The second kappa shape index (κ2) is 3.51. The van der Waals surface area contributed by atoms with E-state index in [0.717, 1.165) is 0 Å². The molecule has 0 aliphatic heterocycles. The Bertz CT molecular complexity index is 212. The molecule has 0 bridgehead atoms. The zero-order chi connectivity index (χ0) is 8.15. The second-order valence-corrected chi connectivity index (χ2v) is 1.55. The van der Waals surface area contributed by atoms with Crippen LogP contribution in [-0.4, -0.2) is 18.2 Å². The predicted octanol–water partition coefficient (Wildman–Crippen LogP) is 0.515. The molecule has 0 aromatic carbocycles. The largest absolute Gasteiger partial charge is 0.500 e. The molecule has 10 heavy (non-hydrogen) atoms. The number of nitriles is 1. The number of carboxylic acids is 1. The Kier molecular flexibility index (Phi) is 2.98. The first-order chi connectivity index (χ1) is 4.63. The van der Waals surface area contributed by atoms with Crippen molar-refractivity contribution in [1.82, 2.24) is 0 Å². The van der Waals surface area contributed by atoms with E-state index in [9.17, 15) is 4.79 Å². The summed E-state index contributed by atoms with van der Waals surface area (Å²) in [6, 6.07) is 1.51. The fourth-order valence-corrected chi connectivity index (χ4v) is 0.379. The van der Waals surface area contributed by atoms with Crippen molar-refractivity contribution >= 4 is 5.97 Å². The number of carbonyl (C=O) groups is 1. The van der Waals surface area contributed by atoms with Crippen molar-refractivity contribution in [3.8, 4) is 6.07 Å². The number of hydrogen-bond acceptors (Lipinski definition) is 3. The first-order valence-corrected chi connectivity index (χ1v) is 2.51. The Labute approximate surface area is 58.3 Å². The van der Waals surface area contributed by atoms with Gasteiger partial charge in [0.05, 0.1) is 7.11 Å². The Morgan fingerprint density at radius 2 is 2.20 bits per heavy atom. The van der Waals surface area contributed by atoms with Gasteiger partial charge in [-0.25, -0.2) is 4.79 Å². The smallest absolute Gasteiger partial charge is 0.349 e. The van der Waals surface area contributed by atoms with Crippen LogP contribution in [0.25, 0.3) is 0 Å². The van der Waals surface area contributed by atoms with Crippen LogP contribution in [0, 0.1) is 11.3 Å². The summed E-state index contributed by atoms with van der Waals surface area (Å²) in [5.41, 5.74) is -0.359. The van der Waals surface area contributed by atoms with E-state index in [1.54, 1.807) is 0 Å². The maximum atomic E-state index is 10.2. The van der Waals surface area contributed by atoms with Crippen LogP contribution in [0.2, 0.25) is 0 Å². The molecule has 0 aliphatic rings. The third-order valence-corrected chi connectivity index (χ3v) is 0.984. The predicted molar refractivity (Wildman–Crippen MR) is 33.0 cm³/mol. The maximum Gasteiger partial charge on any atom is 0.349 e. The lowest BCUT2D eigenvalue weighted by Gasteiger charge is -1.97. The number of aliphatic carboxylic acids is 1. The summed E-state index contributed by atoms with van der Waals surface area (Å²) in [6.45, 7) is 1.42. The summed E-state index contributed by atoms with van der Waals surface area (Å²) < 4.78 is 4.54. The Morgan fingerprint density at radius 1 is 1.70 bits per heavy atom. The number of allylic oxidation sites excluding steroid dienone is 1. The van der Waals surface area contributed by atoms with Gasteiger partial charge in [-0.1, -0.05) is 0 Å². The van der Waals surface area contributed by atoms with Crippen LogP contribution in [-0.2, 0) is 9.53 Å². The molecule has 0 fully saturated rings. The van der Waals surface area contributed by atoms with Crippen LogP contribution < -0.4 is 0 Å². The summed E-state index contributed by atoms with van der Waals surface area (Å²) in [6.07, 6.45) is 0. The molecule has 0 unspecified atom stereocenters. The van der Waals surface area contributed by atoms with Gasteiger partial charge in [0.1, 0.15) is 11.8 Å². The van der Waals surface area contributed by atoms with Crippen LogP contribution in [0.4, 0.5) is 0 Å². The van der Waals surface area contributed by atoms with E-state index in [1.165, 1.54) is 20.1 Å². The molecule has 54 valence electrons. The highest BCUT2D eigenvalue weighted by molar-refractivity contribution is 5.91. The molecule has 0 atom stereocenters. The number of methoxy groups -OCH3 is 1. The van der Waals surface area contributed by atoms with Crippen molar-refractivity contribution in [3.63, 3.8) is 0 Å². The van der Waals surface area contributed by atoms with Gasteiger partial charge in [0.2, 0.25) is 0 Å². The average molecular weight is 141 g/mol. The van der Waals surface area contributed by atoms with Gasteiger partial charge < -0.3 is 9.84 Å². The number of hydrogen-bond donors (Lipinski definition) is 1. The normalized spacial score (nSPS) is 11.3. The molecule has 0 saturated heterocycles. The molecule has 1 N–H and O–H groups in total. The first-order valence-electron chi connectivity index (χ1n) is 2.51. The van der Waals surface area contributed by atoms with Crippen molar-refractivity contribution in [2.75, 3.05) is 7.11 Å². The van der Waals surface area contributed by atoms with Gasteiger partial charge in [-0.05, 0) is 6.92 Å². The second-order valence-electron chi connectivity index (χ2n) is 1.55. The van der Waals surface area contributed by atoms with E-state index in [2.05, 4.69) is 4.74 Å². The molecular formula is C6H7NO3. The van der Waals surface area contributed by atoms with Gasteiger partial charge in [-0.15, -0.1) is 0 Å². The molecule has 0 radical (unpaired) electrons. The van der Waals surface area contributed by atoms with Gasteiger partial charge in [0, 0.05) is 0 Å². The highest BCUT2D eigenvalue weighted by Crippen LogP contribution is 2.02. The van der Waals surface area contributed by atoms with Gasteiger partial charge in [-0.3, -0.25) is 0 Å². The zero-order valence-corrected chi connectivity index (χ0v) is 5.71. The number of carboxylic acid groups (broad SMARTS) is 1. The maximum absolute atomic E-state index is 10.2. The van der Waals surface area contributed by atoms with Crippen LogP contribution >= 0.6 is 0 Å². The zero-order valence-electron chi connectivity index (χ0n) is 5.71. The van der Waals surface area contributed by atoms with Crippen molar-refractivity contribution in [2.24, 2.45) is 0 Å². The van der Waals surface area contributed by atoms with Crippen molar-refractivity contribution in [3.05, 3.63) is 11.3 Å². The van der Waals surface area contributed by atoms with Crippen molar-refractivity contribution in [2.45, 2.75) is 6.92 Å². The van der Waals surface area contributed by atoms with Crippen molar-refractivity contribution in [1.29, 1.82) is 5.26 Å². The third kappa shape index (κ3) is 1.78. The fourth-order valence-electron chi connectivity index (χ4n) is 0.379. The summed E-state index contributed by atoms with van der Waals surface area (Å²) in [5, 5.41) is 16.5. The molecule has 4 nitrogen and oxygen atoms in total. The SMILES string of the molecule is CO/C(C)=C(\C#N)C(=O)O.